The summed E-state index contributed by atoms with van der Waals surface area (Å²) in [5.41, 5.74) is 0.811. The predicted octanol–water partition coefficient (Wildman–Crippen LogP) is 3.62. The van der Waals surface area contributed by atoms with Gasteiger partial charge in [-0.25, -0.2) is 13.2 Å². The molecule has 0 fully saturated rings. The lowest BCUT2D eigenvalue weighted by molar-refractivity contribution is -0.129. The van der Waals surface area contributed by atoms with Crippen molar-refractivity contribution in [3.8, 4) is 0 Å². The summed E-state index contributed by atoms with van der Waals surface area (Å²) in [5.74, 6) is -5.34. The van der Waals surface area contributed by atoms with Crippen molar-refractivity contribution in [1.82, 2.24) is 4.90 Å². The maximum atomic E-state index is 13.7. The molecule has 1 aliphatic heterocycles. The minimum absolute atomic E-state index is 0.170. The highest BCUT2D eigenvalue weighted by Gasteiger charge is 2.26. The Morgan fingerprint density at radius 3 is 2.54 bits per heavy atom. The largest absolute Gasteiger partial charge is 0.322 e. The highest BCUT2D eigenvalue weighted by molar-refractivity contribution is 8.03. The van der Waals surface area contributed by atoms with Crippen LogP contribution in [0.1, 0.15) is 5.56 Å². The second-order valence-corrected chi connectivity index (χ2v) is 6.29. The summed E-state index contributed by atoms with van der Waals surface area (Å²) in [4.78, 5) is 25.7. The van der Waals surface area contributed by atoms with Crippen molar-refractivity contribution in [2.45, 2.75) is 0 Å². The van der Waals surface area contributed by atoms with Crippen molar-refractivity contribution >= 4 is 35.0 Å². The number of hydrogen-bond donors (Lipinski definition) is 1. The fourth-order valence-electron chi connectivity index (χ4n) is 2.43. The molecule has 0 unspecified atom stereocenters. The van der Waals surface area contributed by atoms with Gasteiger partial charge in [0.25, 0.3) is 0 Å². The van der Waals surface area contributed by atoms with E-state index in [9.17, 15) is 22.8 Å². The molecule has 2 aromatic carbocycles. The van der Waals surface area contributed by atoms with Crippen molar-refractivity contribution in [1.29, 1.82) is 0 Å². The van der Waals surface area contributed by atoms with Crippen LogP contribution in [0.15, 0.2) is 47.9 Å². The Labute approximate surface area is 151 Å². The maximum Gasteiger partial charge on any atom is 0.244 e. The van der Waals surface area contributed by atoms with Gasteiger partial charge in [-0.15, -0.1) is 11.8 Å². The first kappa shape index (κ1) is 18.1. The summed E-state index contributed by atoms with van der Waals surface area (Å²) in [5, 5.41) is 3.94. The van der Waals surface area contributed by atoms with Gasteiger partial charge in [-0.05, 0) is 23.1 Å². The lowest BCUT2D eigenvalue weighted by atomic mass is 10.1. The van der Waals surface area contributed by atoms with Crippen LogP contribution in [0.5, 0.6) is 0 Å². The molecule has 0 aliphatic carbocycles. The average molecular weight is 378 g/mol. The number of anilines is 1. The number of carbonyl (C=O) groups is 2. The molecule has 0 spiro atoms. The number of carbonyl (C=O) groups excluding carboxylic acids is 2. The average Bonchev–Trinajstić information content (AvgIpc) is 2.64. The maximum absolute atomic E-state index is 13.7. The van der Waals surface area contributed by atoms with Crippen molar-refractivity contribution in [2.75, 3.05) is 17.6 Å². The highest BCUT2D eigenvalue weighted by atomic mass is 32.2. The number of hydrogen-bond acceptors (Lipinski definition) is 3. The Balaban J connectivity index is 1.79. The van der Waals surface area contributed by atoms with E-state index >= 15 is 0 Å². The van der Waals surface area contributed by atoms with Gasteiger partial charge in [0.15, 0.2) is 17.5 Å². The van der Waals surface area contributed by atoms with Crippen LogP contribution in [0.2, 0.25) is 0 Å². The number of nitrogens with one attached hydrogen (secondary N) is 1. The van der Waals surface area contributed by atoms with Crippen molar-refractivity contribution in [3.05, 3.63) is 70.9 Å². The van der Waals surface area contributed by atoms with E-state index in [2.05, 4.69) is 5.32 Å². The van der Waals surface area contributed by atoms with E-state index in [0.29, 0.717) is 11.8 Å². The van der Waals surface area contributed by atoms with Gasteiger partial charge in [0.1, 0.15) is 6.54 Å². The van der Waals surface area contributed by atoms with Gasteiger partial charge in [-0.1, -0.05) is 30.3 Å². The smallest absolute Gasteiger partial charge is 0.244 e. The third-order valence-electron chi connectivity index (χ3n) is 3.67. The summed E-state index contributed by atoms with van der Waals surface area (Å²) >= 11 is 1.31. The highest BCUT2D eigenvalue weighted by Crippen LogP contribution is 2.28. The fourth-order valence-corrected chi connectivity index (χ4v) is 3.23. The minimum atomic E-state index is -1.67. The van der Waals surface area contributed by atoms with Crippen molar-refractivity contribution < 1.29 is 22.8 Å². The number of amides is 2. The van der Waals surface area contributed by atoms with Gasteiger partial charge >= 0.3 is 0 Å². The number of thioether (sulfide) groups is 1. The minimum Gasteiger partial charge on any atom is -0.322 e. The van der Waals surface area contributed by atoms with Crippen molar-refractivity contribution in [3.63, 3.8) is 0 Å². The molecule has 0 atom stereocenters. The molecule has 134 valence electrons. The Hall–Kier alpha value is -2.74. The molecule has 4 nitrogen and oxygen atoms in total. The SMILES string of the molecule is O=C(CN1C(=O)CSC=C1c1ccccc1)Nc1ccc(F)c(F)c1F. The van der Waals surface area contributed by atoms with E-state index in [-0.39, 0.29) is 18.2 Å². The molecule has 1 N–H and O–H groups in total. The monoisotopic (exact) mass is 378 g/mol. The molecule has 1 heterocycles. The van der Waals surface area contributed by atoms with E-state index in [4.69, 9.17) is 0 Å². The van der Waals surface area contributed by atoms with Crippen molar-refractivity contribution in [2.24, 2.45) is 0 Å². The fraction of sp³-hybridized carbons (Fsp3) is 0.111. The third kappa shape index (κ3) is 3.75. The van der Waals surface area contributed by atoms with Crippen LogP contribution in [0.3, 0.4) is 0 Å². The van der Waals surface area contributed by atoms with Crippen LogP contribution in [-0.4, -0.2) is 29.0 Å². The normalized spacial score (nSPS) is 14.2. The molecule has 0 bridgehead atoms. The second-order valence-electron chi connectivity index (χ2n) is 5.43. The Kier molecular flexibility index (Phi) is 5.32. The van der Waals surface area contributed by atoms with Gasteiger partial charge in [0.2, 0.25) is 11.8 Å². The second kappa shape index (κ2) is 7.65. The zero-order chi connectivity index (χ0) is 18.7. The summed E-state index contributed by atoms with van der Waals surface area (Å²) in [6.07, 6.45) is 0. The van der Waals surface area contributed by atoms with Gasteiger partial charge in [0.05, 0.1) is 17.1 Å². The lowest BCUT2D eigenvalue weighted by Gasteiger charge is -2.28. The van der Waals surface area contributed by atoms with Gasteiger partial charge in [0, 0.05) is 0 Å². The molecule has 2 aromatic rings. The molecule has 8 heteroatoms. The Bertz CT molecular complexity index is 888. The molecule has 2 amide bonds. The van der Waals surface area contributed by atoms with E-state index in [0.717, 1.165) is 11.6 Å². The summed E-state index contributed by atoms with van der Waals surface area (Å²) in [6.45, 7) is -0.376. The predicted molar refractivity (Wildman–Crippen MR) is 93.5 cm³/mol. The van der Waals surface area contributed by atoms with Crippen LogP contribution in [0.4, 0.5) is 18.9 Å². The first-order chi connectivity index (χ1) is 12.5. The summed E-state index contributed by atoms with van der Waals surface area (Å²) in [6, 6.07) is 10.7. The molecular weight excluding hydrogens is 365 g/mol. The summed E-state index contributed by atoms with van der Waals surface area (Å²) in [7, 11) is 0. The molecule has 0 aromatic heterocycles. The van der Waals surface area contributed by atoms with Crippen LogP contribution in [0.25, 0.3) is 5.70 Å². The van der Waals surface area contributed by atoms with E-state index in [1.54, 1.807) is 29.7 Å². The van der Waals surface area contributed by atoms with Gasteiger partial charge < -0.3 is 10.2 Å². The van der Waals surface area contributed by atoms with Crippen LogP contribution in [-0.2, 0) is 9.59 Å². The number of nitrogens with zero attached hydrogens (tertiary/aromatic N) is 1. The van der Waals surface area contributed by atoms with Crippen LogP contribution < -0.4 is 5.32 Å². The number of benzene rings is 2. The molecule has 0 saturated carbocycles. The zero-order valence-corrected chi connectivity index (χ0v) is 14.2. The first-order valence-electron chi connectivity index (χ1n) is 7.58. The number of rotatable bonds is 4. The van der Waals surface area contributed by atoms with Gasteiger partial charge in [-0.2, -0.15) is 0 Å². The Morgan fingerprint density at radius 1 is 1.08 bits per heavy atom. The third-order valence-corrected chi connectivity index (χ3v) is 4.48. The zero-order valence-electron chi connectivity index (χ0n) is 13.3. The van der Waals surface area contributed by atoms with E-state index in [1.165, 1.54) is 16.7 Å². The summed E-state index contributed by atoms with van der Waals surface area (Å²) < 4.78 is 39.9. The van der Waals surface area contributed by atoms with E-state index in [1.807, 2.05) is 6.07 Å². The van der Waals surface area contributed by atoms with Crippen LogP contribution >= 0.6 is 11.8 Å². The first-order valence-corrected chi connectivity index (χ1v) is 8.63. The molecule has 26 heavy (non-hydrogen) atoms. The van der Waals surface area contributed by atoms with Crippen LogP contribution in [0, 0.1) is 17.5 Å². The molecular formula is C18H13F3N2O2S. The number of halogens is 3. The molecule has 1 aliphatic rings. The lowest BCUT2D eigenvalue weighted by Crippen LogP contribution is -2.39. The van der Waals surface area contributed by atoms with E-state index < -0.39 is 29.0 Å². The molecule has 3 rings (SSSR count). The quantitative estimate of drug-likeness (QED) is 0.827. The molecule has 0 saturated heterocycles. The molecule has 0 radical (unpaired) electrons. The Morgan fingerprint density at radius 2 is 1.81 bits per heavy atom. The van der Waals surface area contributed by atoms with Gasteiger partial charge in [-0.3, -0.25) is 9.59 Å². The standard InChI is InChI=1S/C18H13F3N2O2S/c19-12-6-7-13(18(21)17(12)20)22-15(24)8-23-14(9-26-10-16(23)25)11-4-2-1-3-5-11/h1-7,9H,8,10H2,(H,22,24). The topological polar surface area (TPSA) is 49.4 Å².